The SMILES string of the molecule is CC(=O)CS(=O)(=O)CCO. The first-order chi connectivity index (χ1) is 4.48. The van der Waals surface area contributed by atoms with E-state index in [9.17, 15) is 13.2 Å². The summed E-state index contributed by atoms with van der Waals surface area (Å²) in [7, 11) is -3.33. The fourth-order valence-electron chi connectivity index (χ4n) is 0.521. The monoisotopic (exact) mass is 166 g/mol. The third-order valence-electron chi connectivity index (χ3n) is 0.825. The van der Waals surface area contributed by atoms with Crippen LogP contribution in [0.25, 0.3) is 0 Å². The summed E-state index contributed by atoms with van der Waals surface area (Å²) in [5.41, 5.74) is 0. The van der Waals surface area contributed by atoms with Gasteiger partial charge in [0, 0.05) is 0 Å². The Hall–Kier alpha value is -0.420. The highest BCUT2D eigenvalue weighted by molar-refractivity contribution is 7.92. The first-order valence-corrected chi connectivity index (χ1v) is 4.61. The van der Waals surface area contributed by atoms with Crippen LogP contribution in [0.15, 0.2) is 0 Å². The van der Waals surface area contributed by atoms with Crippen molar-refractivity contribution in [2.45, 2.75) is 6.92 Å². The number of sulfone groups is 1. The van der Waals surface area contributed by atoms with Crippen molar-refractivity contribution in [1.82, 2.24) is 0 Å². The molecule has 0 aromatic carbocycles. The molecule has 0 aliphatic carbocycles. The van der Waals surface area contributed by atoms with Gasteiger partial charge >= 0.3 is 0 Å². The van der Waals surface area contributed by atoms with Crippen LogP contribution in [-0.4, -0.2) is 37.4 Å². The molecule has 0 spiro atoms. The maximum Gasteiger partial charge on any atom is 0.159 e. The molecule has 0 amide bonds. The average Bonchev–Trinajstić information content (AvgIpc) is 1.59. The number of hydrogen-bond donors (Lipinski definition) is 1. The Balaban J connectivity index is 4.02. The smallest absolute Gasteiger partial charge is 0.159 e. The number of ketones is 1. The van der Waals surface area contributed by atoms with Gasteiger partial charge in [-0.1, -0.05) is 0 Å². The number of aliphatic hydroxyl groups excluding tert-OH is 1. The lowest BCUT2D eigenvalue weighted by Crippen LogP contribution is -2.18. The number of Topliss-reactive ketones (excluding diaryl/α,β-unsaturated/α-hetero) is 1. The van der Waals surface area contributed by atoms with E-state index in [0.29, 0.717) is 0 Å². The van der Waals surface area contributed by atoms with E-state index in [1.54, 1.807) is 0 Å². The second-order valence-electron chi connectivity index (χ2n) is 2.02. The van der Waals surface area contributed by atoms with Crippen molar-refractivity contribution in [1.29, 1.82) is 0 Å². The highest BCUT2D eigenvalue weighted by atomic mass is 32.2. The molecule has 0 bridgehead atoms. The highest BCUT2D eigenvalue weighted by Gasteiger charge is 2.11. The maximum absolute atomic E-state index is 10.7. The third-order valence-corrected chi connectivity index (χ3v) is 2.48. The van der Waals surface area contributed by atoms with E-state index >= 15 is 0 Å². The Labute approximate surface area is 59.8 Å². The molecule has 4 nitrogen and oxygen atoms in total. The van der Waals surface area contributed by atoms with Crippen molar-refractivity contribution in [2.24, 2.45) is 0 Å². The zero-order valence-corrected chi connectivity index (χ0v) is 6.52. The zero-order valence-electron chi connectivity index (χ0n) is 5.70. The first-order valence-electron chi connectivity index (χ1n) is 2.78. The number of carbonyl (C=O) groups is 1. The summed E-state index contributed by atoms with van der Waals surface area (Å²) in [4.78, 5) is 10.3. The highest BCUT2D eigenvalue weighted by Crippen LogP contribution is 1.88. The summed E-state index contributed by atoms with van der Waals surface area (Å²) in [5, 5.41) is 8.22. The van der Waals surface area contributed by atoms with Crippen molar-refractivity contribution >= 4 is 15.6 Å². The van der Waals surface area contributed by atoms with Crippen LogP contribution in [0.3, 0.4) is 0 Å². The van der Waals surface area contributed by atoms with Gasteiger partial charge in [-0.3, -0.25) is 4.79 Å². The third kappa shape index (κ3) is 4.46. The molecule has 0 atom stereocenters. The molecule has 0 radical (unpaired) electrons. The Morgan fingerprint density at radius 2 is 2.00 bits per heavy atom. The van der Waals surface area contributed by atoms with Gasteiger partial charge in [0.05, 0.1) is 12.4 Å². The number of rotatable bonds is 4. The van der Waals surface area contributed by atoms with Gasteiger partial charge in [0.25, 0.3) is 0 Å². The quantitative estimate of drug-likeness (QED) is 0.580. The van der Waals surface area contributed by atoms with E-state index in [4.69, 9.17) is 5.11 Å². The molecule has 1 N–H and O–H groups in total. The summed E-state index contributed by atoms with van der Waals surface area (Å²) in [5.74, 6) is -1.19. The molecule has 60 valence electrons. The van der Waals surface area contributed by atoms with Gasteiger partial charge in [-0.2, -0.15) is 0 Å². The molecule has 0 heterocycles. The van der Waals surface area contributed by atoms with Gasteiger partial charge in [0.1, 0.15) is 11.5 Å². The van der Waals surface area contributed by atoms with Crippen LogP contribution in [0.5, 0.6) is 0 Å². The predicted octanol–water partition coefficient (Wildman–Crippen LogP) is -1.02. The molecule has 5 heteroatoms. The topological polar surface area (TPSA) is 71.4 Å². The van der Waals surface area contributed by atoms with Crippen molar-refractivity contribution in [3.05, 3.63) is 0 Å². The van der Waals surface area contributed by atoms with Gasteiger partial charge in [-0.25, -0.2) is 8.42 Å². The van der Waals surface area contributed by atoms with Crippen molar-refractivity contribution in [3.63, 3.8) is 0 Å². The number of hydrogen-bond acceptors (Lipinski definition) is 4. The van der Waals surface area contributed by atoms with Crippen molar-refractivity contribution in [2.75, 3.05) is 18.1 Å². The van der Waals surface area contributed by atoms with Crippen LogP contribution in [0.4, 0.5) is 0 Å². The first kappa shape index (κ1) is 9.58. The molecule has 0 saturated carbocycles. The zero-order chi connectivity index (χ0) is 8.20. The lowest BCUT2D eigenvalue weighted by molar-refractivity contribution is -0.114. The standard InChI is InChI=1S/C5H10O4S/c1-5(7)4-10(8,9)3-2-6/h6H,2-4H2,1H3. The molecule has 0 saturated heterocycles. The molecule has 0 aliphatic heterocycles. The van der Waals surface area contributed by atoms with Gasteiger partial charge < -0.3 is 5.11 Å². The largest absolute Gasteiger partial charge is 0.395 e. The Morgan fingerprint density at radius 1 is 1.50 bits per heavy atom. The molecule has 0 fully saturated rings. The second kappa shape index (κ2) is 3.68. The summed E-state index contributed by atoms with van der Waals surface area (Å²) < 4.78 is 21.3. The normalized spacial score (nSPS) is 11.4. The van der Waals surface area contributed by atoms with Gasteiger partial charge in [0.15, 0.2) is 9.84 Å². The lowest BCUT2D eigenvalue weighted by Gasteiger charge is -1.96. The van der Waals surface area contributed by atoms with Gasteiger partial charge in [-0.05, 0) is 6.92 Å². The summed E-state index contributed by atoms with van der Waals surface area (Å²) in [6.07, 6.45) is 0. The Morgan fingerprint density at radius 3 is 2.30 bits per heavy atom. The van der Waals surface area contributed by atoms with Crippen molar-refractivity contribution in [3.8, 4) is 0 Å². The van der Waals surface area contributed by atoms with Gasteiger partial charge in [0.2, 0.25) is 0 Å². The van der Waals surface area contributed by atoms with E-state index < -0.39 is 28.0 Å². The number of aliphatic hydroxyl groups is 1. The van der Waals surface area contributed by atoms with Crippen LogP contribution in [0, 0.1) is 0 Å². The molecule has 0 aliphatic rings. The summed E-state index contributed by atoms with van der Waals surface area (Å²) in [6.45, 7) is 0.782. The molecule has 10 heavy (non-hydrogen) atoms. The molecule has 0 unspecified atom stereocenters. The van der Waals surface area contributed by atoms with E-state index in [1.807, 2.05) is 0 Å². The minimum absolute atomic E-state index is 0.327. The second-order valence-corrected chi connectivity index (χ2v) is 4.20. The minimum Gasteiger partial charge on any atom is -0.395 e. The number of carbonyl (C=O) groups excluding carboxylic acids is 1. The molecule has 0 aromatic rings. The maximum atomic E-state index is 10.7. The van der Waals surface area contributed by atoms with E-state index in [0.717, 1.165) is 0 Å². The fourth-order valence-corrected chi connectivity index (χ4v) is 1.56. The molecular formula is C5H10O4S. The average molecular weight is 166 g/mol. The van der Waals surface area contributed by atoms with Gasteiger partial charge in [-0.15, -0.1) is 0 Å². The lowest BCUT2D eigenvalue weighted by atomic mass is 10.5. The minimum atomic E-state index is -3.33. The molecular weight excluding hydrogens is 156 g/mol. The van der Waals surface area contributed by atoms with E-state index in [2.05, 4.69) is 0 Å². The van der Waals surface area contributed by atoms with Crippen LogP contribution < -0.4 is 0 Å². The summed E-state index contributed by atoms with van der Waals surface area (Å²) in [6, 6.07) is 0. The Bertz CT molecular complexity index is 204. The van der Waals surface area contributed by atoms with Crippen LogP contribution >= 0.6 is 0 Å². The van der Waals surface area contributed by atoms with E-state index in [-0.39, 0.29) is 5.75 Å². The van der Waals surface area contributed by atoms with Crippen LogP contribution in [-0.2, 0) is 14.6 Å². The predicted molar refractivity (Wildman–Crippen MR) is 36.4 cm³/mol. The molecule has 0 aromatic heterocycles. The molecule has 0 rings (SSSR count). The Kier molecular flexibility index (Phi) is 3.52. The van der Waals surface area contributed by atoms with Crippen LogP contribution in [0.2, 0.25) is 0 Å². The van der Waals surface area contributed by atoms with Crippen molar-refractivity contribution < 1.29 is 18.3 Å². The fraction of sp³-hybridized carbons (Fsp3) is 0.800. The van der Waals surface area contributed by atoms with E-state index in [1.165, 1.54) is 6.92 Å². The van der Waals surface area contributed by atoms with Crippen LogP contribution in [0.1, 0.15) is 6.92 Å². The summed E-state index contributed by atoms with van der Waals surface area (Å²) >= 11 is 0.